The van der Waals surface area contributed by atoms with E-state index in [2.05, 4.69) is 9.88 Å². The van der Waals surface area contributed by atoms with Crippen LogP contribution in [0.5, 0.6) is 0 Å². The molecule has 1 fully saturated rings. The lowest BCUT2D eigenvalue weighted by molar-refractivity contribution is 0.0383. The highest BCUT2D eigenvalue weighted by atomic mass is 16.5. The van der Waals surface area contributed by atoms with Crippen LogP contribution in [0.2, 0.25) is 0 Å². The van der Waals surface area contributed by atoms with Crippen molar-refractivity contribution in [2.45, 2.75) is 13.0 Å². The predicted octanol–water partition coefficient (Wildman–Crippen LogP) is 0.449. The van der Waals surface area contributed by atoms with Gasteiger partial charge in [-0.1, -0.05) is 6.07 Å². The summed E-state index contributed by atoms with van der Waals surface area (Å²) in [6, 6.07) is 5.81. The van der Waals surface area contributed by atoms with Gasteiger partial charge in [0.2, 0.25) is 0 Å². The van der Waals surface area contributed by atoms with E-state index in [0.29, 0.717) is 0 Å². The van der Waals surface area contributed by atoms with Gasteiger partial charge in [-0.15, -0.1) is 0 Å². The first-order valence-electron chi connectivity index (χ1n) is 5.74. The molecule has 2 rings (SSSR count). The van der Waals surface area contributed by atoms with E-state index >= 15 is 0 Å². The van der Waals surface area contributed by atoms with Gasteiger partial charge >= 0.3 is 0 Å². The average Bonchev–Trinajstić information content (AvgIpc) is 2.38. The summed E-state index contributed by atoms with van der Waals surface area (Å²) in [5, 5.41) is 8.99. The SMILES string of the molecule is OCc1cccc(CCN2CCOCC2)n1. The molecule has 4 nitrogen and oxygen atoms in total. The predicted molar refractivity (Wildman–Crippen MR) is 61.1 cm³/mol. The lowest BCUT2D eigenvalue weighted by atomic mass is 10.2. The van der Waals surface area contributed by atoms with E-state index in [9.17, 15) is 0 Å². The van der Waals surface area contributed by atoms with Crippen LogP contribution < -0.4 is 0 Å². The van der Waals surface area contributed by atoms with Crippen molar-refractivity contribution in [3.63, 3.8) is 0 Å². The number of rotatable bonds is 4. The van der Waals surface area contributed by atoms with Crippen molar-refractivity contribution in [1.82, 2.24) is 9.88 Å². The number of hydrogen-bond acceptors (Lipinski definition) is 4. The topological polar surface area (TPSA) is 45.6 Å². The van der Waals surface area contributed by atoms with Gasteiger partial charge in [0.1, 0.15) is 0 Å². The Balaban J connectivity index is 1.83. The Bertz CT molecular complexity index is 325. The average molecular weight is 222 g/mol. The summed E-state index contributed by atoms with van der Waals surface area (Å²) in [6.07, 6.45) is 0.938. The molecular weight excluding hydrogens is 204 g/mol. The molecule has 2 heterocycles. The summed E-state index contributed by atoms with van der Waals surface area (Å²) >= 11 is 0. The van der Waals surface area contributed by atoms with Crippen LogP contribution in [0.1, 0.15) is 11.4 Å². The highest BCUT2D eigenvalue weighted by Gasteiger charge is 2.10. The Labute approximate surface area is 95.9 Å². The maximum Gasteiger partial charge on any atom is 0.0853 e. The molecule has 1 saturated heterocycles. The highest BCUT2D eigenvalue weighted by Crippen LogP contribution is 2.03. The molecule has 88 valence electrons. The summed E-state index contributed by atoms with van der Waals surface area (Å²) in [6.45, 7) is 4.74. The van der Waals surface area contributed by atoms with Crippen LogP contribution in [0.4, 0.5) is 0 Å². The molecule has 1 aromatic heterocycles. The first kappa shape index (κ1) is 11.5. The Morgan fingerprint density at radius 1 is 1.25 bits per heavy atom. The molecular formula is C12H18N2O2. The molecule has 0 amide bonds. The van der Waals surface area contributed by atoms with E-state index in [1.54, 1.807) is 0 Å². The third kappa shape index (κ3) is 3.27. The third-order valence-electron chi connectivity index (χ3n) is 2.81. The molecule has 16 heavy (non-hydrogen) atoms. The Kier molecular flexibility index (Phi) is 4.27. The number of aliphatic hydroxyl groups excluding tert-OH is 1. The van der Waals surface area contributed by atoms with Crippen LogP contribution in [0, 0.1) is 0 Å². The summed E-state index contributed by atoms with van der Waals surface area (Å²) in [5.74, 6) is 0. The number of hydrogen-bond donors (Lipinski definition) is 1. The fourth-order valence-electron chi connectivity index (χ4n) is 1.85. The molecule has 0 bridgehead atoms. The maximum atomic E-state index is 8.99. The summed E-state index contributed by atoms with van der Waals surface area (Å²) in [5.41, 5.74) is 1.80. The minimum absolute atomic E-state index is 0.0192. The van der Waals surface area contributed by atoms with Crippen LogP contribution in [-0.2, 0) is 17.8 Å². The summed E-state index contributed by atoms with van der Waals surface area (Å²) in [4.78, 5) is 6.75. The zero-order valence-electron chi connectivity index (χ0n) is 9.43. The molecule has 0 saturated carbocycles. The molecule has 1 aliphatic heterocycles. The maximum absolute atomic E-state index is 8.99. The second-order valence-corrected chi connectivity index (χ2v) is 3.98. The first-order chi connectivity index (χ1) is 7.88. The number of pyridine rings is 1. The lowest BCUT2D eigenvalue weighted by Gasteiger charge is -2.26. The number of nitrogens with zero attached hydrogens (tertiary/aromatic N) is 2. The molecule has 4 heteroatoms. The van der Waals surface area contributed by atoms with Crippen LogP contribution in [0.15, 0.2) is 18.2 Å². The molecule has 1 aromatic rings. The molecule has 0 radical (unpaired) electrons. The van der Waals surface area contributed by atoms with Gasteiger partial charge in [-0.25, -0.2) is 0 Å². The van der Waals surface area contributed by atoms with Crippen molar-refractivity contribution in [3.05, 3.63) is 29.6 Å². The minimum Gasteiger partial charge on any atom is -0.390 e. The van der Waals surface area contributed by atoms with Gasteiger partial charge in [-0.2, -0.15) is 0 Å². The van der Waals surface area contributed by atoms with E-state index in [-0.39, 0.29) is 6.61 Å². The number of aliphatic hydroxyl groups is 1. The first-order valence-corrected chi connectivity index (χ1v) is 5.74. The number of aromatic nitrogens is 1. The van der Waals surface area contributed by atoms with Gasteiger partial charge in [0.15, 0.2) is 0 Å². The smallest absolute Gasteiger partial charge is 0.0853 e. The fraction of sp³-hybridized carbons (Fsp3) is 0.583. The number of ether oxygens (including phenoxy) is 1. The van der Waals surface area contributed by atoms with Crippen molar-refractivity contribution >= 4 is 0 Å². The molecule has 0 aromatic carbocycles. The van der Waals surface area contributed by atoms with Crippen molar-refractivity contribution in [2.24, 2.45) is 0 Å². The number of morpholine rings is 1. The highest BCUT2D eigenvalue weighted by molar-refractivity contribution is 5.10. The third-order valence-corrected chi connectivity index (χ3v) is 2.81. The quantitative estimate of drug-likeness (QED) is 0.803. The van der Waals surface area contributed by atoms with Gasteiger partial charge in [-0.3, -0.25) is 9.88 Å². The van der Waals surface area contributed by atoms with Crippen LogP contribution in [-0.4, -0.2) is 47.8 Å². The normalized spacial score (nSPS) is 17.6. The van der Waals surface area contributed by atoms with Gasteiger partial charge in [0.25, 0.3) is 0 Å². The van der Waals surface area contributed by atoms with E-state index in [1.165, 1.54) is 0 Å². The zero-order chi connectivity index (χ0) is 11.2. The zero-order valence-corrected chi connectivity index (χ0v) is 9.43. The largest absolute Gasteiger partial charge is 0.390 e. The van der Waals surface area contributed by atoms with E-state index in [4.69, 9.17) is 9.84 Å². The molecule has 0 spiro atoms. The second-order valence-electron chi connectivity index (χ2n) is 3.98. The molecule has 0 unspecified atom stereocenters. The standard InChI is InChI=1S/C12H18N2O2/c15-10-12-3-1-2-11(13-12)4-5-14-6-8-16-9-7-14/h1-3,15H,4-10H2. The van der Waals surface area contributed by atoms with Crippen molar-refractivity contribution < 1.29 is 9.84 Å². The van der Waals surface area contributed by atoms with E-state index in [1.807, 2.05) is 18.2 Å². The van der Waals surface area contributed by atoms with Gasteiger partial charge in [0.05, 0.1) is 25.5 Å². The van der Waals surface area contributed by atoms with Gasteiger partial charge < -0.3 is 9.84 Å². The van der Waals surface area contributed by atoms with Gasteiger partial charge in [0, 0.05) is 31.7 Å². The van der Waals surface area contributed by atoms with Gasteiger partial charge in [-0.05, 0) is 12.1 Å². The van der Waals surface area contributed by atoms with E-state index in [0.717, 1.165) is 50.7 Å². The molecule has 1 aliphatic rings. The monoisotopic (exact) mass is 222 g/mol. The Hall–Kier alpha value is -0.970. The minimum atomic E-state index is 0.0192. The summed E-state index contributed by atoms with van der Waals surface area (Å²) in [7, 11) is 0. The van der Waals surface area contributed by atoms with Crippen LogP contribution in [0.25, 0.3) is 0 Å². The second kappa shape index (κ2) is 5.94. The van der Waals surface area contributed by atoms with Crippen molar-refractivity contribution in [1.29, 1.82) is 0 Å². The van der Waals surface area contributed by atoms with Crippen LogP contribution in [0.3, 0.4) is 0 Å². The molecule has 1 N–H and O–H groups in total. The molecule has 0 atom stereocenters. The van der Waals surface area contributed by atoms with E-state index < -0.39 is 0 Å². The fourth-order valence-corrected chi connectivity index (χ4v) is 1.85. The lowest BCUT2D eigenvalue weighted by Crippen LogP contribution is -2.37. The van der Waals surface area contributed by atoms with Crippen LogP contribution >= 0.6 is 0 Å². The van der Waals surface area contributed by atoms with Crippen molar-refractivity contribution in [3.8, 4) is 0 Å². The molecule has 0 aliphatic carbocycles. The summed E-state index contributed by atoms with van der Waals surface area (Å²) < 4.78 is 5.30. The Morgan fingerprint density at radius 3 is 2.75 bits per heavy atom. The Morgan fingerprint density at radius 2 is 2.00 bits per heavy atom. The van der Waals surface area contributed by atoms with Crippen molar-refractivity contribution in [2.75, 3.05) is 32.8 Å².